The average Bonchev–Trinajstić information content (AvgIpc) is 2.42. The molecule has 0 aromatic heterocycles. The normalized spacial score (nSPS) is 27.1. The smallest absolute Gasteiger partial charge is 0.101 e. The Bertz CT molecular complexity index is 489. The van der Waals surface area contributed by atoms with Crippen molar-refractivity contribution in [3.63, 3.8) is 0 Å². The fourth-order valence-corrected chi connectivity index (χ4v) is 3.08. The third-order valence-electron chi connectivity index (χ3n) is 4.32. The Kier molecular flexibility index (Phi) is 4.11. The van der Waals surface area contributed by atoms with E-state index < -0.39 is 0 Å². The lowest BCUT2D eigenvalue weighted by molar-refractivity contribution is 0.297. The second-order valence-corrected chi connectivity index (χ2v) is 5.88. The molecule has 1 aromatic carbocycles. The van der Waals surface area contributed by atoms with Gasteiger partial charge in [0.05, 0.1) is 11.3 Å². The first-order chi connectivity index (χ1) is 9.06. The highest BCUT2D eigenvalue weighted by Crippen LogP contribution is 2.33. The lowest BCUT2D eigenvalue weighted by Gasteiger charge is -2.43. The molecular weight excluding hydrogens is 234 g/mol. The fraction of sp³-hybridized carbons (Fsp3) is 0.562. The highest BCUT2D eigenvalue weighted by molar-refractivity contribution is 5.61. The maximum absolute atomic E-state index is 9.37. The number of hydrogen-bond donors (Lipinski definition) is 1. The summed E-state index contributed by atoms with van der Waals surface area (Å²) < 4.78 is 0. The van der Waals surface area contributed by atoms with E-state index in [4.69, 9.17) is 5.73 Å². The van der Waals surface area contributed by atoms with Crippen LogP contribution in [0.3, 0.4) is 0 Å². The van der Waals surface area contributed by atoms with E-state index in [2.05, 4.69) is 37.8 Å². The van der Waals surface area contributed by atoms with E-state index in [0.717, 1.165) is 23.4 Å². The Labute approximate surface area is 116 Å². The first-order valence-corrected chi connectivity index (χ1v) is 7.06. The van der Waals surface area contributed by atoms with Gasteiger partial charge in [0.2, 0.25) is 0 Å². The van der Waals surface area contributed by atoms with Crippen LogP contribution in [0, 0.1) is 23.2 Å². The van der Waals surface area contributed by atoms with Crippen LogP contribution in [0.2, 0.25) is 0 Å². The van der Waals surface area contributed by atoms with Crippen LogP contribution in [-0.2, 0) is 6.54 Å². The molecule has 1 aliphatic heterocycles. The molecule has 1 saturated heterocycles. The van der Waals surface area contributed by atoms with Crippen LogP contribution in [0.5, 0.6) is 0 Å². The van der Waals surface area contributed by atoms with Crippen molar-refractivity contribution in [1.82, 2.24) is 0 Å². The summed E-state index contributed by atoms with van der Waals surface area (Å²) in [5.41, 5.74) is 8.48. The van der Waals surface area contributed by atoms with Gasteiger partial charge >= 0.3 is 0 Å². The molecule has 1 fully saturated rings. The van der Waals surface area contributed by atoms with E-state index in [-0.39, 0.29) is 0 Å². The molecule has 0 spiro atoms. The van der Waals surface area contributed by atoms with E-state index in [1.54, 1.807) is 0 Å². The molecule has 0 amide bonds. The molecule has 0 bridgehead atoms. The summed E-state index contributed by atoms with van der Waals surface area (Å²) >= 11 is 0. The molecule has 0 aliphatic carbocycles. The van der Waals surface area contributed by atoms with E-state index in [9.17, 15) is 5.26 Å². The average molecular weight is 257 g/mol. The summed E-state index contributed by atoms with van der Waals surface area (Å²) in [4.78, 5) is 2.39. The molecule has 3 nitrogen and oxygen atoms in total. The topological polar surface area (TPSA) is 53.0 Å². The quantitative estimate of drug-likeness (QED) is 0.886. The number of hydrogen-bond acceptors (Lipinski definition) is 3. The van der Waals surface area contributed by atoms with Gasteiger partial charge in [0.15, 0.2) is 0 Å². The fourth-order valence-electron chi connectivity index (χ4n) is 3.08. The van der Waals surface area contributed by atoms with Gasteiger partial charge < -0.3 is 10.6 Å². The van der Waals surface area contributed by atoms with Gasteiger partial charge in [-0.2, -0.15) is 5.26 Å². The van der Waals surface area contributed by atoms with Crippen LogP contribution >= 0.6 is 0 Å². The van der Waals surface area contributed by atoms with Gasteiger partial charge in [-0.1, -0.05) is 19.9 Å². The Balaban J connectivity index is 2.37. The SMILES string of the molecule is CC1CC(C)C(C)N(c2ccc(CN)cc2C#N)C1. The summed E-state index contributed by atoms with van der Waals surface area (Å²) in [5, 5.41) is 9.37. The molecule has 2 N–H and O–H groups in total. The van der Waals surface area contributed by atoms with Crippen molar-refractivity contribution in [1.29, 1.82) is 5.26 Å². The van der Waals surface area contributed by atoms with Crippen LogP contribution in [0.1, 0.15) is 38.3 Å². The largest absolute Gasteiger partial charge is 0.367 e. The maximum atomic E-state index is 9.37. The Morgan fingerprint density at radius 3 is 2.74 bits per heavy atom. The van der Waals surface area contributed by atoms with Crippen LogP contribution in [0.4, 0.5) is 5.69 Å². The summed E-state index contributed by atoms with van der Waals surface area (Å²) in [7, 11) is 0. The molecule has 102 valence electrons. The van der Waals surface area contributed by atoms with E-state index in [1.165, 1.54) is 6.42 Å². The van der Waals surface area contributed by atoms with Gasteiger partial charge in [0.25, 0.3) is 0 Å². The van der Waals surface area contributed by atoms with Crippen molar-refractivity contribution < 1.29 is 0 Å². The highest BCUT2D eigenvalue weighted by Gasteiger charge is 2.30. The second-order valence-electron chi connectivity index (χ2n) is 5.88. The van der Waals surface area contributed by atoms with Gasteiger partial charge in [0.1, 0.15) is 6.07 Å². The molecule has 1 aromatic rings. The van der Waals surface area contributed by atoms with E-state index in [1.807, 2.05) is 12.1 Å². The zero-order valence-electron chi connectivity index (χ0n) is 12.1. The van der Waals surface area contributed by atoms with Crippen molar-refractivity contribution in [2.24, 2.45) is 17.6 Å². The molecule has 2 rings (SSSR count). The monoisotopic (exact) mass is 257 g/mol. The van der Waals surface area contributed by atoms with Crippen LogP contribution in [0.25, 0.3) is 0 Å². The number of piperidine rings is 1. The Morgan fingerprint density at radius 2 is 2.11 bits per heavy atom. The van der Waals surface area contributed by atoms with Gasteiger partial charge in [-0.15, -0.1) is 0 Å². The lowest BCUT2D eigenvalue weighted by Crippen LogP contribution is -2.46. The molecule has 3 unspecified atom stereocenters. The molecule has 0 saturated carbocycles. The lowest BCUT2D eigenvalue weighted by atomic mass is 9.85. The van der Waals surface area contributed by atoms with Crippen molar-refractivity contribution in [2.75, 3.05) is 11.4 Å². The molecule has 1 aliphatic rings. The van der Waals surface area contributed by atoms with Gasteiger partial charge in [-0.25, -0.2) is 0 Å². The van der Waals surface area contributed by atoms with Crippen LogP contribution in [0.15, 0.2) is 18.2 Å². The minimum Gasteiger partial charge on any atom is -0.367 e. The first-order valence-electron chi connectivity index (χ1n) is 7.06. The van der Waals surface area contributed by atoms with E-state index in [0.29, 0.717) is 24.4 Å². The summed E-state index contributed by atoms with van der Waals surface area (Å²) in [5.74, 6) is 1.33. The number of nitrogens with two attached hydrogens (primary N) is 1. The van der Waals surface area contributed by atoms with Crippen molar-refractivity contribution >= 4 is 5.69 Å². The number of rotatable bonds is 2. The zero-order chi connectivity index (χ0) is 14.0. The minimum atomic E-state index is 0.479. The molecule has 3 heteroatoms. The minimum absolute atomic E-state index is 0.479. The number of anilines is 1. The van der Waals surface area contributed by atoms with Gasteiger partial charge in [-0.3, -0.25) is 0 Å². The van der Waals surface area contributed by atoms with Crippen molar-refractivity contribution in [3.05, 3.63) is 29.3 Å². The highest BCUT2D eigenvalue weighted by atomic mass is 15.2. The molecule has 0 radical (unpaired) electrons. The van der Waals surface area contributed by atoms with Gasteiger partial charge in [-0.05, 0) is 42.9 Å². The molecule has 1 heterocycles. The zero-order valence-corrected chi connectivity index (χ0v) is 12.1. The van der Waals surface area contributed by atoms with Crippen LogP contribution in [-0.4, -0.2) is 12.6 Å². The Hall–Kier alpha value is -1.53. The summed E-state index contributed by atoms with van der Waals surface area (Å²) in [6.07, 6.45) is 1.26. The Morgan fingerprint density at radius 1 is 1.37 bits per heavy atom. The van der Waals surface area contributed by atoms with Gasteiger partial charge in [0, 0.05) is 19.1 Å². The standard InChI is InChI=1S/C16H23N3/c1-11-6-12(2)13(3)19(10-11)16-5-4-14(8-17)7-15(16)9-18/h4-5,7,11-13H,6,8,10,17H2,1-3H3. The summed E-state index contributed by atoms with van der Waals surface area (Å²) in [6, 6.07) is 8.81. The van der Waals surface area contributed by atoms with Crippen LogP contribution < -0.4 is 10.6 Å². The summed E-state index contributed by atoms with van der Waals surface area (Å²) in [6.45, 7) is 8.36. The number of nitrogens with zero attached hydrogens (tertiary/aromatic N) is 2. The third-order valence-corrected chi connectivity index (χ3v) is 4.32. The predicted molar refractivity (Wildman–Crippen MR) is 78.8 cm³/mol. The van der Waals surface area contributed by atoms with Crippen molar-refractivity contribution in [3.8, 4) is 6.07 Å². The maximum Gasteiger partial charge on any atom is 0.101 e. The predicted octanol–water partition coefficient (Wildman–Crippen LogP) is 2.89. The first kappa shape index (κ1) is 13.9. The molecule has 19 heavy (non-hydrogen) atoms. The second kappa shape index (κ2) is 5.63. The van der Waals surface area contributed by atoms with E-state index >= 15 is 0 Å². The third kappa shape index (κ3) is 2.74. The van der Waals surface area contributed by atoms with Crippen molar-refractivity contribution in [2.45, 2.75) is 39.8 Å². The molecule has 3 atom stereocenters. The number of nitriles is 1. The molecular formula is C16H23N3. The number of benzene rings is 1.